The molecule has 0 radical (unpaired) electrons. The van der Waals surface area contributed by atoms with E-state index in [0.717, 1.165) is 6.42 Å². The van der Waals surface area contributed by atoms with Crippen molar-refractivity contribution in [2.75, 3.05) is 25.1 Å². The Morgan fingerprint density at radius 2 is 2.27 bits per heavy atom. The number of rotatable bonds is 3. The highest BCUT2D eigenvalue weighted by Gasteiger charge is 2.30. The number of ether oxygens (including phenoxy) is 1. The Balaban J connectivity index is 2.59. The van der Waals surface area contributed by atoms with E-state index in [2.05, 4.69) is 20.7 Å². The summed E-state index contributed by atoms with van der Waals surface area (Å²) in [7, 11) is 1.23. The summed E-state index contributed by atoms with van der Waals surface area (Å²) in [6.07, 6.45) is 0.921. The molecule has 0 saturated carbocycles. The van der Waals surface area contributed by atoms with Gasteiger partial charge in [-0.05, 0) is 41.3 Å². The van der Waals surface area contributed by atoms with E-state index < -0.39 is 17.0 Å². The summed E-state index contributed by atoms with van der Waals surface area (Å²) in [6.45, 7) is 2.65. The summed E-state index contributed by atoms with van der Waals surface area (Å²) in [5.41, 5.74) is 0.954. The highest BCUT2D eigenvalue weighted by molar-refractivity contribution is 9.10. The van der Waals surface area contributed by atoms with Crippen molar-refractivity contribution in [2.24, 2.45) is 0 Å². The third-order valence-corrected chi connectivity index (χ3v) is 4.75. The van der Waals surface area contributed by atoms with Crippen molar-refractivity contribution in [1.82, 2.24) is 0 Å². The van der Waals surface area contributed by atoms with Gasteiger partial charge in [0.1, 0.15) is 5.69 Å². The van der Waals surface area contributed by atoms with Crippen molar-refractivity contribution >= 4 is 33.3 Å². The van der Waals surface area contributed by atoms with Crippen molar-refractivity contribution in [3.63, 3.8) is 0 Å². The van der Waals surface area contributed by atoms with Gasteiger partial charge in [-0.25, -0.2) is 4.79 Å². The molecule has 1 aromatic carbocycles. The molecule has 0 aliphatic carbocycles. The molecule has 0 spiro atoms. The molecule has 7 nitrogen and oxygen atoms in total. The molecule has 1 N–H and O–H groups in total. The Bertz CT molecular complexity index is 620. The Labute approximate surface area is 136 Å². The summed E-state index contributed by atoms with van der Waals surface area (Å²) < 4.78 is 5.16. The number of nitro groups is 1. The molecule has 1 aromatic rings. The first-order valence-electron chi connectivity index (χ1n) is 6.85. The number of nitrogens with zero attached hydrogens (tertiary/aromatic N) is 2. The van der Waals surface area contributed by atoms with Crippen molar-refractivity contribution in [1.29, 1.82) is 0 Å². The summed E-state index contributed by atoms with van der Waals surface area (Å²) in [5, 5.41) is 21.2. The van der Waals surface area contributed by atoms with Crippen LogP contribution in [0.4, 0.5) is 11.4 Å². The Kier molecular flexibility index (Phi) is 5.02. The Hall–Kier alpha value is -1.67. The maximum atomic E-state index is 11.8. The second kappa shape index (κ2) is 6.62. The number of hydrogen-bond donors (Lipinski definition) is 1. The van der Waals surface area contributed by atoms with Crippen LogP contribution in [0.3, 0.4) is 0 Å². The van der Waals surface area contributed by atoms with E-state index in [9.17, 15) is 20.0 Å². The van der Waals surface area contributed by atoms with E-state index in [1.165, 1.54) is 13.2 Å². The quantitative estimate of drug-likeness (QED) is 0.497. The Morgan fingerprint density at radius 1 is 1.59 bits per heavy atom. The minimum Gasteiger partial charge on any atom is -0.465 e. The van der Waals surface area contributed by atoms with Gasteiger partial charge in [0.2, 0.25) is 0 Å². The predicted octanol–water partition coefficient (Wildman–Crippen LogP) is 2.41. The summed E-state index contributed by atoms with van der Waals surface area (Å²) >= 11 is 3.37. The lowest BCUT2D eigenvalue weighted by atomic mass is 10.0. The third-order valence-electron chi connectivity index (χ3n) is 3.78. The smallest absolute Gasteiger partial charge is 0.338 e. The van der Waals surface area contributed by atoms with Gasteiger partial charge in [-0.15, -0.1) is 0 Å². The third kappa shape index (κ3) is 3.07. The highest BCUT2D eigenvalue weighted by atomic mass is 79.9. The molecule has 0 unspecified atom stereocenters. The van der Waals surface area contributed by atoms with Crippen molar-refractivity contribution in [3.05, 3.63) is 31.8 Å². The first-order valence-corrected chi connectivity index (χ1v) is 7.65. The molecule has 0 aromatic heterocycles. The van der Waals surface area contributed by atoms with Crippen LogP contribution < -0.4 is 4.90 Å². The fourth-order valence-corrected chi connectivity index (χ4v) is 3.31. The minimum atomic E-state index is -0.619. The summed E-state index contributed by atoms with van der Waals surface area (Å²) in [6, 6.07) is 1.24. The molecule has 22 heavy (non-hydrogen) atoms. The summed E-state index contributed by atoms with van der Waals surface area (Å²) in [4.78, 5) is 24.5. The number of hydrogen-bond acceptors (Lipinski definition) is 6. The monoisotopic (exact) mass is 372 g/mol. The lowest BCUT2D eigenvalue weighted by Gasteiger charge is -2.32. The number of esters is 1. The van der Waals surface area contributed by atoms with E-state index in [0.29, 0.717) is 35.2 Å². The number of carbonyl (C=O) groups is 1. The lowest BCUT2D eigenvalue weighted by Crippen LogP contribution is -2.38. The lowest BCUT2D eigenvalue weighted by molar-refractivity contribution is -0.384. The van der Waals surface area contributed by atoms with Gasteiger partial charge < -0.3 is 14.7 Å². The molecule has 8 heteroatoms. The largest absolute Gasteiger partial charge is 0.465 e. The van der Waals surface area contributed by atoms with Crippen LogP contribution in [0.25, 0.3) is 0 Å². The highest BCUT2D eigenvalue weighted by Crippen LogP contribution is 2.41. The van der Waals surface area contributed by atoms with Gasteiger partial charge in [0.25, 0.3) is 5.69 Å². The van der Waals surface area contributed by atoms with Crippen LogP contribution in [0.1, 0.15) is 28.8 Å². The number of aliphatic hydroxyl groups excluding tert-OH is 1. The number of benzene rings is 1. The number of nitro benzene ring substituents is 1. The molecule has 1 atom stereocenters. The number of anilines is 1. The van der Waals surface area contributed by atoms with E-state index in [1.54, 1.807) is 11.8 Å². The van der Waals surface area contributed by atoms with Crippen LogP contribution in [-0.2, 0) is 4.74 Å². The number of halogens is 1. The Morgan fingerprint density at radius 3 is 2.82 bits per heavy atom. The van der Waals surface area contributed by atoms with Gasteiger partial charge in [0, 0.05) is 19.2 Å². The van der Waals surface area contributed by atoms with Crippen LogP contribution in [-0.4, -0.2) is 42.3 Å². The molecule has 1 heterocycles. The minimum absolute atomic E-state index is 0.155. The molecule has 1 aliphatic heterocycles. The maximum Gasteiger partial charge on any atom is 0.338 e. The van der Waals surface area contributed by atoms with Gasteiger partial charge in [-0.2, -0.15) is 0 Å². The summed E-state index contributed by atoms with van der Waals surface area (Å²) in [5.74, 6) is -0.619. The van der Waals surface area contributed by atoms with Gasteiger partial charge in [-0.3, -0.25) is 10.1 Å². The molecule has 1 saturated heterocycles. The van der Waals surface area contributed by atoms with Crippen LogP contribution in [0.2, 0.25) is 0 Å². The average Bonchev–Trinajstić information content (AvgIpc) is 2.48. The zero-order chi connectivity index (χ0) is 16.4. The maximum absolute atomic E-state index is 11.8. The number of β-amino-alcohol motifs (C(OH)–C–C–N with tert-alkyl or cyclic N) is 1. The van der Waals surface area contributed by atoms with Crippen molar-refractivity contribution < 1.29 is 19.6 Å². The van der Waals surface area contributed by atoms with Gasteiger partial charge in [0.15, 0.2) is 0 Å². The molecule has 1 fully saturated rings. The second-order valence-electron chi connectivity index (χ2n) is 5.22. The zero-order valence-corrected chi connectivity index (χ0v) is 13.9. The normalized spacial score (nSPS) is 18.2. The van der Waals surface area contributed by atoms with Gasteiger partial charge in [-0.1, -0.05) is 0 Å². The molecular formula is C14H17BrN2O5. The first-order chi connectivity index (χ1) is 10.4. The van der Waals surface area contributed by atoms with Crippen LogP contribution >= 0.6 is 15.9 Å². The topological polar surface area (TPSA) is 92.9 Å². The van der Waals surface area contributed by atoms with E-state index in [4.69, 9.17) is 0 Å². The van der Waals surface area contributed by atoms with Gasteiger partial charge in [0.05, 0.1) is 28.2 Å². The molecule has 2 rings (SSSR count). The van der Waals surface area contributed by atoms with Crippen LogP contribution in [0.15, 0.2) is 10.5 Å². The molecule has 0 amide bonds. The average molecular weight is 373 g/mol. The molecule has 1 aliphatic rings. The van der Waals surface area contributed by atoms with E-state index in [-0.39, 0.29) is 11.3 Å². The van der Waals surface area contributed by atoms with Crippen molar-refractivity contribution in [3.8, 4) is 0 Å². The first kappa shape index (κ1) is 16.7. The van der Waals surface area contributed by atoms with E-state index >= 15 is 0 Å². The van der Waals surface area contributed by atoms with Crippen LogP contribution in [0, 0.1) is 17.0 Å². The molecule has 0 bridgehead atoms. The number of methoxy groups -OCH3 is 1. The SMILES string of the molecule is COC(=O)c1cc([N+](=O)[O-])c(N2CCC[C@@H](O)C2)c(Br)c1C. The molecular weight excluding hydrogens is 356 g/mol. The molecule has 120 valence electrons. The fourth-order valence-electron chi connectivity index (χ4n) is 2.64. The fraction of sp³-hybridized carbons (Fsp3) is 0.500. The predicted molar refractivity (Wildman–Crippen MR) is 84.3 cm³/mol. The zero-order valence-electron chi connectivity index (χ0n) is 12.3. The van der Waals surface area contributed by atoms with E-state index in [1.807, 2.05) is 0 Å². The number of piperidine rings is 1. The second-order valence-corrected chi connectivity index (χ2v) is 6.01. The number of aliphatic hydroxyl groups is 1. The number of carbonyl (C=O) groups excluding carboxylic acids is 1. The van der Waals surface area contributed by atoms with Gasteiger partial charge >= 0.3 is 5.97 Å². The van der Waals surface area contributed by atoms with Crippen LogP contribution in [0.5, 0.6) is 0 Å². The standard InChI is InChI=1S/C14H17BrN2O5/c1-8-10(14(19)22-2)6-11(17(20)21)13(12(8)15)16-5-3-4-9(18)7-16/h6,9,18H,3-5,7H2,1-2H3/t9-/m1/s1. The van der Waals surface area contributed by atoms with Crippen molar-refractivity contribution in [2.45, 2.75) is 25.9 Å².